The van der Waals surface area contributed by atoms with Gasteiger partial charge in [-0.3, -0.25) is 4.79 Å². The monoisotopic (exact) mass is 163 g/mol. The van der Waals surface area contributed by atoms with Crippen LogP contribution in [-0.4, -0.2) is 18.4 Å². The molecule has 1 amide bonds. The van der Waals surface area contributed by atoms with E-state index in [1.165, 1.54) is 11.1 Å². The first-order valence-corrected chi connectivity index (χ1v) is 3.93. The number of carbonyl (C=O) groups excluding carboxylic acids is 1. The summed E-state index contributed by atoms with van der Waals surface area (Å²) in [7, 11) is 1.77. The van der Waals surface area contributed by atoms with Gasteiger partial charge >= 0.3 is 0 Å². The van der Waals surface area contributed by atoms with Crippen LogP contribution in [0.2, 0.25) is 0 Å². The van der Waals surface area contributed by atoms with Crippen LogP contribution < -0.4 is 0 Å². The molecule has 1 aromatic rings. The van der Waals surface area contributed by atoms with E-state index in [2.05, 4.69) is 6.07 Å². The summed E-state index contributed by atoms with van der Waals surface area (Å²) in [4.78, 5) is 11.9. The fourth-order valence-corrected chi connectivity index (χ4v) is 1.14. The van der Waals surface area contributed by atoms with Gasteiger partial charge in [0.2, 0.25) is 6.41 Å². The van der Waals surface area contributed by atoms with Crippen molar-refractivity contribution in [1.29, 1.82) is 0 Å². The number of carbonyl (C=O) groups is 1. The summed E-state index contributed by atoms with van der Waals surface area (Å²) in [6.07, 6.45) is 0.836. The Hall–Kier alpha value is -1.31. The maximum absolute atomic E-state index is 10.3. The van der Waals surface area contributed by atoms with Crippen molar-refractivity contribution in [3.8, 4) is 0 Å². The van der Waals surface area contributed by atoms with E-state index in [1.807, 2.05) is 25.1 Å². The van der Waals surface area contributed by atoms with Gasteiger partial charge in [0, 0.05) is 13.6 Å². The van der Waals surface area contributed by atoms with Crippen LogP contribution in [0, 0.1) is 6.92 Å². The quantitative estimate of drug-likeness (QED) is 0.619. The molecule has 0 radical (unpaired) electrons. The number of benzene rings is 1. The maximum Gasteiger partial charge on any atom is 0.209 e. The predicted octanol–water partition coefficient (Wildman–Crippen LogP) is 1.58. The zero-order chi connectivity index (χ0) is 8.97. The molecule has 0 atom stereocenters. The smallest absolute Gasteiger partial charge is 0.209 e. The normalized spacial score (nSPS) is 9.50. The zero-order valence-corrected chi connectivity index (χ0v) is 7.45. The fraction of sp³-hybridized carbons (Fsp3) is 0.300. The van der Waals surface area contributed by atoms with Gasteiger partial charge in [-0.05, 0) is 12.5 Å². The van der Waals surface area contributed by atoms with E-state index in [4.69, 9.17) is 0 Å². The Morgan fingerprint density at radius 1 is 1.50 bits per heavy atom. The van der Waals surface area contributed by atoms with Crippen molar-refractivity contribution >= 4 is 6.41 Å². The molecular formula is C10H13NO. The Kier molecular flexibility index (Phi) is 2.86. The summed E-state index contributed by atoms with van der Waals surface area (Å²) in [6, 6.07) is 8.15. The molecule has 0 N–H and O–H groups in total. The highest BCUT2D eigenvalue weighted by Crippen LogP contribution is 2.05. The van der Waals surface area contributed by atoms with E-state index >= 15 is 0 Å². The van der Waals surface area contributed by atoms with Crippen molar-refractivity contribution < 1.29 is 4.79 Å². The summed E-state index contributed by atoms with van der Waals surface area (Å²) in [5, 5.41) is 0. The molecular weight excluding hydrogens is 150 g/mol. The third-order valence-electron chi connectivity index (χ3n) is 1.69. The van der Waals surface area contributed by atoms with Crippen molar-refractivity contribution in [2.75, 3.05) is 7.05 Å². The molecule has 1 rings (SSSR count). The number of rotatable bonds is 3. The first-order chi connectivity index (χ1) is 5.72. The molecule has 0 bridgehead atoms. The van der Waals surface area contributed by atoms with E-state index < -0.39 is 0 Å². The van der Waals surface area contributed by atoms with Crippen LogP contribution in [0.4, 0.5) is 0 Å². The third-order valence-corrected chi connectivity index (χ3v) is 1.69. The highest BCUT2D eigenvalue weighted by Gasteiger charge is 1.95. The van der Waals surface area contributed by atoms with Crippen LogP contribution in [0.15, 0.2) is 24.3 Å². The van der Waals surface area contributed by atoms with Gasteiger partial charge in [0.25, 0.3) is 0 Å². The molecule has 2 nitrogen and oxygen atoms in total. The molecule has 64 valence electrons. The molecule has 0 saturated carbocycles. The summed E-state index contributed by atoms with van der Waals surface area (Å²) in [6.45, 7) is 2.73. The number of hydrogen-bond donors (Lipinski definition) is 0. The zero-order valence-electron chi connectivity index (χ0n) is 7.45. The minimum Gasteiger partial charge on any atom is -0.344 e. The van der Waals surface area contributed by atoms with E-state index in [-0.39, 0.29) is 0 Å². The first-order valence-electron chi connectivity index (χ1n) is 3.93. The third kappa shape index (κ3) is 2.38. The van der Waals surface area contributed by atoms with Crippen molar-refractivity contribution in [2.24, 2.45) is 0 Å². The van der Waals surface area contributed by atoms with Gasteiger partial charge in [-0.15, -0.1) is 0 Å². The summed E-state index contributed by atoms with van der Waals surface area (Å²) < 4.78 is 0. The molecule has 0 unspecified atom stereocenters. The lowest BCUT2D eigenvalue weighted by Crippen LogP contribution is -2.14. The lowest BCUT2D eigenvalue weighted by atomic mass is 10.1. The molecule has 2 heteroatoms. The summed E-state index contributed by atoms with van der Waals surface area (Å²) in [5.74, 6) is 0. The van der Waals surface area contributed by atoms with Gasteiger partial charge < -0.3 is 4.90 Å². The predicted molar refractivity (Wildman–Crippen MR) is 48.7 cm³/mol. The Bertz CT molecular complexity index is 270. The SMILES string of the molecule is Cc1cccc(CN(C)C=O)c1. The second-order valence-electron chi connectivity index (χ2n) is 3.01. The molecule has 1 aromatic carbocycles. The Labute approximate surface area is 72.8 Å². The van der Waals surface area contributed by atoms with Crippen LogP contribution in [-0.2, 0) is 11.3 Å². The number of amides is 1. The average molecular weight is 163 g/mol. The van der Waals surface area contributed by atoms with E-state index in [9.17, 15) is 4.79 Å². The number of aryl methyl sites for hydroxylation is 1. The lowest BCUT2D eigenvalue weighted by molar-refractivity contribution is -0.117. The molecule has 0 fully saturated rings. The first kappa shape index (κ1) is 8.78. The molecule has 0 spiro atoms. The highest BCUT2D eigenvalue weighted by atomic mass is 16.1. The van der Waals surface area contributed by atoms with Gasteiger partial charge in [0.1, 0.15) is 0 Å². The van der Waals surface area contributed by atoms with Crippen LogP contribution in [0.3, 0.4) is 0 Å². The lowest BCUT2D eigenvalue weighted by Gasteiger charge is -2.10. The molecule has 12 heavy (non-hydrogen) atoms. The van der Waals surface area contributed by atoms with Crippen molar-refractivity contribution in [2.45, 2.75) is 13.5 Å². The topological polar surface area (TPSA) is 20.3 Å². The van der Waals surface area contributed by atoms with Crippen LogP contribution in [0.5, 0.6) is 0 Å². The van der Waals surface area contributed by atoms with Gasteiger partial charge in [-0.2, -0.15) is 0 Å². The Morgan fingerprint density at radius 3 is 2.83 bits per heavy atom. The minimum absolute atomic E-state index is 0.686. The molecule has 0 aromatic heterocycles. The number of nitrogens with zero attached hydrogens (tertiary/aromatic N) is 1. The van der Waals surface area contributed by atoms with E-state index in [1.54, 1.807) is 11.9 Å². The van der Waals surface area contributed by atoms with Crippen molar-refractivity contribution in [3.63, 3.8) is 0 Å². The van der Waals surface area contributed by atoms with Crippen molar-refractivity contribution in [3.05, 3.63) is 35.4 Å². The van der Waals surface area contributed by atoms with Gasteiger partial charge in [-0.25, -0.2) is 0 Å². The molecule has 0 heterocycles. The summed E-state index contributed by atoms with van der Waals surface area (Å²) in [5.41, 5.74) is 2.40. The second-order valence-corrected chi connectivity index (χ2v) is 3.01. The van der Waals surface area contributed by atoms with Crippen molar-refractivity contribution in [1.82, 2.24) is 4.90 Å². The highest BCUT2D eigenvalue weighted by molar-refractivity contribution is 5.46. The molecule has 0 saturated heterocycles. The van der Waals surface area contributed by atoms with Gasteiger partial charge in [0.15, 0.2) is 0 Å². The van der Waals surface area contributed by atoms with Gasteiger partial charge in [-0.1, -0.05) is 29.8 Å². The Balaban J connectivity index is 2.69. The van der Waals surface area contributed by atoms with E-state index in [0.717, 1.165) is 6.41 Å². The standard InChI is InChI=1S/C10H13NO/c1-9-4-3-5-10(6-9)7-11(2)8-12/h3-6,8H,7H2,1-2H3. The Morgan fingerprint density at radius 2 is 2.25 bits per heavy atom. The average Bonchev–Trinajstić information content (AvgIpc) is 2.04. The van der Waals surface area contributed by atoms with Gasteiger partial charge in [0.05, 0.1) is 0 Å². The van der Waals surface area contributed by atoms with Crippen LogP contribution in [0.25, 0.3) is 0 Å². The molecule has 0 aliphatic carbocycles. The minimum atomic E-state index is 0.686. The maximum atomic E-state index is 10.3. The second kappa shape index (κ2) is 3.90. The molecule has 0 aliphatic rings. The largest absolute Gasteiger partial charge is 0.344 e. The summed E-state index contributed by atoms with van der Waals surface area (Å²) >= 11 is 0. The molecule has 0 aliphatic heterocycles. The number of hydrogen-bond acceptors (Lipinski definition) is 1. The fourth-order valence-electron chi connectivity index (χ4n) is 1.14. The van der Waals surface area contributed by atoms with Crippen LogP contribution in [0.1, 0.15) is 11.1 Å². The van der Waals surface area contributed by atoms with E-state index in [0.29, 0.717) is 6.54 Å². The van der Waals surface area contributed by atoms with Crippen LogP contribution >= 0.6 is 0 Å².